The Morgan fingerprint density at radius 2 is 2.25 bits per heavy atom. The number of nitrogens with one attached hydrogen (secondary N) is 1. The Hall–Kier alpha value is -2.29. The number of hydrogen-bond donors (Lipinski definition) is 1. The zero-order chi connectivity index (χ0) is 15.2. The maximum Gasteiger partial charge on any atom is 0.407 e. The molecule has 1 heterocycles. The third-order valence-corrected chi connectivity index (χ3v) is 2.38. The number of anilines is 1. The van der Waals surface area contributed by atoms with E-state index in [1.54, 1.807) is 18.3 Å². The second kappa shape index (κ2) is 6.75. The molecule has 0 saturated carbocycles. The molecule has 1 aromatic rings. The first-order valence-corrected chi connectivity index (χ1v) is 6.36. The van der Waals surface area contributed by atoms with E-state index in [4.69, 9.17) is 10.00 Å². The van der Waals surface area contributed by atoms with Gasteiger partial charge in [-0.3, -0.25) is 0 Å². The third-order valence-electron chi connectivity index (χ3n) is 2.38. The van der Waals surface area contributed by atoms with E-state index < -0.39 is 11.7 Å². The fraction of sp³-hybridized carbons (Fsp3) is 0.500. The summed E-state index contributed by atoms with van der Waals surface area (Å²) in [5.74, 6) is 0.690. The summed E-state index contributed by atoms with van der Waals surface area (Å²) < 4.78 is 5.13. The van der Waals surface area contributed by atoms with E-state index in [1.807, 2.05) is 32.7 Å². The number of rotatable bonds is 4. The van der Waals surface area contributed by atoms with Crippen molar-refractivity contribution < 1.29 is 9.53 Å². The molecule has 0 unspecified atom stereocenters. The molecule has 1 amide bonds. The molecule has 0 aliphatic heterocycles. The second-order valence-corrected chi connectivity index (χ2v) is 5.36. The molecule has 6 nitrogen and oxygen atoms in total. The molecule has 0 aliphatic carbocycles. The van der Waals surface area contributed by atoms with E-state index >= 15 is 0 Å². The van der Waals surface area contributed by atoms with Crippen LogP contribution in [0.1, 0.15) is 26.3 Å². The largest absolute Gasteiger partial charge is 0.444 e. The molecule has 0 saturated heterocycles. The Balaban J connectivity index is 2.42. The summed E-state index contributed by atoms with van der Waals surface area (Å²) in [6.45, 7) is 6.45. The highest BCUT2D eigenvalue weighted by Gasteiger charge is 2.15. The van der Waals surface area contributed by atoms with Crippen LogP contribution in [0.3, 0.4) is 0 Å². The number of carbonyl (C=O) groups excluding carboxylic acids is 1. The second-order valence-electron chi connectivity index (χ2n) is 5.36. The van der Waals surface area contributed by atoms with Crippen molar-refractivity contribution in [1.29, 1.82) is 5.26 Å². The van der Waals surface area contributed by atoms with Crippen LogP contribution in [0.15, 0.2) is 18.3 Å². The summed E-state index contributed by atoms with van der Waals surface area (Å²) in [7, 11) is 1.85. The number of likely N-dealkylation sites (N-methyl/N-ethyl adjacent to an activating group) is 1. The first-order chi connectivity index (χ1) is 9.31. The summed E-state index contributed by atoms with van der Waals surface area (Å²) in [4.78, 5) is 17.5. The molecule has 0 aliphatic rings. The minimum absolute atomic E-state index is 0.434. The highest BCUT2D eigenvalue weighted by molar-refractivity contribution is 5.67. The Bertz CT molecular complexity index is 503. The molecule has 1 aromatic heterocycles. The van der Waals surface area contributed by atoms with Gasteiger partial charge in [0.2, 0.25) is 0 Å². The van der Waals surface area contributed by atoms with Crippen LogP contribution < -0.4 is 10.2 Å². The number of nitriles is 1. The number of nitrogens with zero attached hydrogens (tertiary/aromatic N) is 3. The van der Waals surface area contributed by atoms with Crippen molar-refractivity contribution in [3.63, 3.8) is 0 Å². The number of carbonyl (C=O) groups is 1. The highest BCUT2D eigenvalue weighted by atomic mass is 16.6. The Kier molecular flexibility index (Phi) is 5.32. The van der Waals surface area contributed by atoms with Gasteiger partial charge in [-0.1, -0.05) is 0 Å². The number of hydrogen-bond acceptors (Lipinski definition) is 5. The zero-order valence-electron chi connectivity index (χ0n) is 12.3. The van der Waals surface area contributed by atoms with Crippen LogP contribution in [-0.2, 0) is 4.74 Å². The van der Waals surface area contributed by atoms with Crippen molar-refractivity contribution in [2.75, 3.05) is 25.0 Å². The van der Waals surface area contributed by atoms with E-state index in [0.717, 1.165) is 0 Å². The maximum atomic E-state index is 11.5. The predicted molar refractivity (Wildman–Crippen MR) is 76.5 cm³/mol. The van der Waals surface area contributed by atoms with E-state index in [9.17, 15) is 4.79 Å². The van der Waals surface area contributed by atoms with Crippen LogP contribution in [0.4, 0.5) is 10.6 Å². The van der Waals surface area contributed by atoms with E-state index in [2.05, 4.69) is 16.4 Å². The van der Waals surface area contributed by atoms with Gasteiger partial charge in [0.15, 0.2) is 0 Å². The van der Waals surface area contributed by atoms with Gasteiger partial charge >= 0.3 is 6.09 Å². The lowest BCUT2D eigenvalue weighted by Crippen LogP contribution is -2.37. The summed E-state index contributed by atoms with van der Waals surface area (Å²) in [6.07, 6.45) is 1.15. The van der Waals surface area contributed by atoms with E-state index in [-0.39, 0.29) is 0 Å². The first kappa shape index (κ1) is 15.8. The normalized spacial score (nSPS) is 10.6. The topological polar surface area (TPSA) is 78.3 Å². The van der Waals surface area contributed by atoms with Crippen molar-refractivity contribution in [2.45, 2.75) is 26.4 Å². The third kappa shape index (κ3) is 5.57. The standard InChI is InChI=1S/C14H20N4O2/c1-14(2,3)20-13(19)17-7-8-18(4)12-9-11(10-15)5-6-16-12/h5-6,9H,7-8H2,1-4H3,(H,17,19). The number of alkyl carbamates (subject to hydrolysis) is 1. The Morgan fingerprint density at radius 3 is 2.85 bits per heavy atom. The molecule has 0 bridgehead atoms. The molecule has 20 heavy (non-hydrogen) atoms. The van der Waals surface area contributed by atoms with Gasteiger partial charge in [-0.25, -0.2) is 9.78 Å². The maximum absolute atomic E-state index is 11.5. The van der Waals surface area contributed by atoms with Gasteiger partial charge in [-0.2, -0.15) is 5.26 Å². The van der Waals surface area contributed by atoms with Gasteiger partial charge in [0.1, 0.15) is 11.4 Å². The van der Waals surface area contributed by atoms with Crippen LogP contribution in [0.5, 0.6) is 0 Å². The van der Waals surface area contributed by atoms with E-state index in [1.165, 1.54) is 0 Å². The molecular formula is C14H20N4O2. The quantitative estimate of drug-likeness (QED) is 0.909. The molecule has 6 heteroatoms. The lowest BCUT2D eigenvalue weighted by Gasteiger charge is -2.21. The molecule has 0 atom stereocenters. The average molecular weight is 276 g/mol. The Morgan fingerprint density at radius 1 is 1.55 bits per heavy atom. The smallest absolute Gasteiger partial charge is 0.407 e. The van der Waals surface area contributed by atoms with Crippen molar-refractivity contribution in [3.8, 4) is 6.07 Å². The van der Waals surface area contributed by atoms with Crippen LogP contribution in [-0.4, -0.2) is 36.8 Å². The van der Waals surface area contributed by atoms with Crippen molar-refractivity contribution in [1.82, 2.24) is 10.3 Å². The average Bonchev–Trinajstić information content (AvgIpc) is 2.36. The van der Waals surface area contributed by atoms with Gasteiger partial charge in [0, 0.05) is 26.3 Å². The molecule has 1 rings (SSSR count). The minimum atomic E-state index is -0.501. The Labute approximate surface area is 119 Å². The highest BCUT2D eigenvalue weighted by Crippen LogP contribution is 2.10. The van der Waals surface area contributed by atoms with Gasteiger partial charge in [0.25, 0.3) is 0 Å². The molecule has 1 N–H and O–H groups in total. The lowest BCUT2D eigenvalue weighted by atomic mass is 10.2. The van der Waals surface area contributed by atoms with Crippen LogP contribution in [0.25, 0.3) is 0 Å². The molecule has 0 aromatic carbocycles. The molecule has 0 radical (unpaired) electrons. The number of ether oxygens (including phenoxy) is 1. The molecule has 0 spiro atoms. The van der Waals surface area contributed by atoms with E-state index in [0.29, 0.717) is 24.5 Å². The van der Waals surface area contributed by atoms with Crippen LogP contribution in [0.2, 0.25) is 0 Å². The number of pyridine rings is 1. The van der Waals surface area contributed by atoms with Crippen molar-refractivity contribution in [3.05, 3.63) is 23.9 Å². The fourth-order valence-electron chi connectivity index (χ4n) is 1.45. The number of amides is 1. The summed E-state index contributed by atoms with van der Waals surface area (Å²) in [5, 5.41) is 11.5. The molecule has 108 valence electrons. The minimum Gasteiger partial charge on any atom is -0.444 e. The predicted octanol–water partition coefficient (Wildman–Crippen LogP) is 1.91. The summed E-state index contributed by atoms with van der Waals surface area (Å²) in [6, 6.07) is 5.42. The summed E-state index contributed by atoms with van der Waals surface area (Å²) >= 11 is 0. The SMILES string of the molecule is CN(CCNC(=O)OC(C)(C)C)c1cc(C#N)ccn1. The molecule has 0 fully saturated rings. The first-order valence-electron chi connectivity index (χ1n) is 6.36. The van der Waals surface area contributed by atoms with Gasteiger partial charge in [0.05, 0.1) is 11.6 Å². The monoisotopic (exact) mass is 276 g/mol. The lowest BCUT2D eigenvalue weighted by molar-refractivity contribution is 0.0529. The number of aromatic nitrogens is 1. The van der Waals surface area contributed by atoms with Crippen LogP contribution >= 0.6 is 0 Å². The van der Waals surface area contributed by atoms with Gasteiger partial charge < -0.3 is 15.0 Å². The fourth-order valence-corrected chi connectivity index (χ4v) is 1.45. The van der Waals surface area contributed by atoms with Crippen molar-refractivity contribution in [2.24, 2.45) is 0 Å². The zero-order valence-corrected chi connectivity index (χ0v) is 12.3. The van der Waals surface area contributed by atoms with Crippen molar-refractivity contribution >= 4 is 11.9 Å². The van der Waals surface area contributed by atoms with Gasteiger partial charge in [-0.15, -0.1) is 0 Å². The van der Waals surface area contributed by atoms with Crippen LogP contribution in [0, 0.1) is 11.3 Å². The van der Waals surface area contributed by atoms with Gasteiger partial charge in [-0.05, 0) is 32.9 Å². The molecular weight excluding hydrogens is 256 g/mol. The summed E-state index contributed by atoms with van der Waals surface area (Å²) in [5.41, 5.74) is 0.0560.